The average molecular weight is 144 g/mol. The fourth-order valence-corrected chi connectivity index (χ4v) is 0.990. The molecule has 0 unspecified atom stereocenters. The smallest absolute Gasteiger partial charge is 0.168 e. The van der Waals surface area contributed by atoms with Crippen molar-refractivity contribution in [3.8, 4) is 6.07 Å². The van der Waals surface area contributed by atoms with Gasteiger partial charge in [0.25, 0.3) is 0 Å². The lowest BCUT2D eigenvalue weighted by atomic mass is 10.1. The molecule has 1 heterocycles. The molecule has 1 aromatic heterocycles. The quantitative estimate of drug-likeness (QED) is 0.565. The van der Waals surface area contributed by atoms with E-state index in [4.69, 9.17) is 9.78 Å². The lowest BCUT2D eigenvalue weighted by Gasteiger charge is -1.86. The van der Waals surface area contributed by atoms with E-state index in [-0.39, 0.29) is 0 Å². The Bertz CT molecular complexity index is 425. The van der Waals surface area contributed by atoms with E-state index >= 15 is 0 Å². The van der Waals surface area contributed by atoms with Crippen LogP contribution in [-0.4, -0.2) is 5.16 Å². The molecular formula is C8H4N2O. The highest BCUT2D eigenvalue weighted by atomic mass is 16.5. The normalized spacial score (nSPS) is 9.73. The number of aromatic nitrogens is 1. The summed E-state index contributed by atoms with van der Waals surface area (Å²) in [5.74, 6) is 0. The van der Waals surface area contributed by atoms with Gasteiger partial charge in [-0.25, -0.2) is 0 Å². The SMILES string of the molecule is N#Cc1cccc2oncc12. The highest BCUT2D eigenvalue weighted by molar-refractivity contribution is 5.82. The second kappa shape index (κ2) is 2.10. The van der Waals surface area contributed by atoms with Crippen LogP contribution < -0.4 is 0 Å². The molecule has 11 heavy (non-hydrogen) atoms. The molecule has 3 nitrogen and oxygen atoms in total. The van der Waals surface area contributed by atoms with Crippen LogP contribution in [0.4, 0.5) is 0 Å². The van der Waals surface area contributed by atoms with Crippen LogP contribution in [0.1, 0.15) is 5.56 Å². The van der Waals surface area contributed by atoms with Crippen molar-refractivity contribution < 1.29 is 4.52 Å². The van der Waals surface area contributed by atoms with Gasteiger partial charge in [-0.05, 0) is 12.1 Å². The fraction of sp³-hybridized carbons (Fsp3) is 0. The van der Waals surface area contributed by atoms with Gasteiger partial charge in [0.05, 0.1) is 23.2 Å². The van der Waals surface area contributed by atoms with Crippen molar-refractivity contribution in [2.75, 3.05) is 0 Å². The summed E-state index contributed by atoms with van der Waals surface area (Å²) < 4.78 is 4.86. The van der Waals surface area contributed by atoms with E-state index in [0.29, 0.717) is 11.1 Å². The second-order valence-electron chi connectivity index (χ2n) is 2.15. The van der Waals surface area contributed by atoms with E-state index in [1.54, 1.807) is 24.4 Å². The predicted octanol–water partition coefficient (Wildman–Crippen LogP) is 1.70. The maximum atomic E-state index is 8.63. The topological polar surface area (TPSA) is 49.8 Å². The van der Waals surface area contributed by atoms with Crippen LogP contribution in [0.25, 0.3) is 11.0 Å². The van der Waals surface area contributed by atoms with Crippen molar-refractivity contribution in [2.45, 2.75) is 0 Å². The Morgan fingerprint density at radius 3 is 3.18 bits per heavy atom. The van der Waals surface area contributed by atoms with Crippen LogP contribution in [-0.2, 0) is 0 Å². The molecule has 0 saturated heterocycles. The van der Waals surface area contributed by atoms with E-state index in [0.717, 1.165) is 5.39 Å². The monoisotopic (exact) mass is 144 g/mol. The second-order valence-corrected chi connectivity index (χ2v) is 2.15. The molecule has 0 amide bonds. The van der Waals surface area contributed by atoms with Gasteiger partial charge in [0.15, 0.2) is 5.58 Å². The summed E-state index contributed by atoms with van der Waals surface area (Å²) in [6, 6.07) is 7.34. The Labute approximate surface area is 62.8 Å². The number of nitriles is 1. The molecule has 3 heteroatoms. The zero-order valence-corrected chi connectivity index (χ0v) is 5.61. The average Bonchev–Trinajstić information content (AvgIpc) is 2.50. The summed E-state index contributed by atoms with van der Waals surface area (Å²) in [7, 11) is 0. The van der Waals surface area contributed by atoms with E-state index < -0.39 is 0 Å². The highest BCUT2D eigenvalue weighted by Crippen LogP contribution is 2.16. The molecule has 2 rings (SSSR count). The zero-order chi connectivity index (χ0) is 7.68. The maximum absolute atomic E-state index is 8.63. The molecule has 0 bridgehead atoms. The first-order valence-corrected chi connectivity index (χ1v) is 3.15. The molecule has 0 N–H and O–H groups in total. The molecule has 0 radical (unpaired) electrons. The van der Waals surface area contributed by atoms with Gasteiger partial charge < -0.3 is 4.52 Å². The van der Waals surface area contributed by atoms with Crippen molar-refractivity contribution in [1.82, 2.24) is 5.16 Å². The molecule has 0 aliphatic carbocycles. The molecule has 0 spiro atoms. The molecule has 0 fully saturated rings. The van der Waals surface area contributed by atoms with Gasteiger partial charge in [-0.2, -0.15) is 5.26 Å². The summed E-state index contributed by atoms with van der Waals surface area (Å²) in [4.78, 5) is 0. The van der Waals surface area contributed by atoms with Crippen LogP contribution in [0.2, 0.25) is 0 Å². The van der Waals surface area contributed by atoms with E-state index in [2.05, 4.69) is 11.2 Å². The molecule has 0 aliphatic rings. The molecule has 1 aromatic carbocycles. The van der Waals surface area contributed by atoms with Gasteiger partial charge in [0, 0.05) is 0 Å². The molecule has 52 valence electrons. The van der Waals surface area contributed by atoms with E-state index in [9.17, 15) is 0 Å². The van der Waals surface area contributed by atoms with Gasteiger partial charge in [0.1, 0.15) is 0 Å². The Morgan fingerprint density at radius 1 is 1.45 bits per heavy atom. The maximum Gasteiger partial charge on any atom is 0.168 e. The summed E-state index contributed by atoms with van der Waals surface area (Å²) in [5.41, 5.74) is 1.26. The largest absolute Gasteiger partial charge is 0.356 e. The zero-order valence-electron chi connectivity index (χ0n) is 5.61. The fourth-order valence-electron chi connectivity index (χ4n) is 0.990. The third-order valence-corrected chi connectivity index (χ3v) is 1.52. The standard InChI is InChI=1S/C8H4N2O/c9-4-6-2-1-3-8-7(6)5-10-11-8/h1-3,5H. The molecule has 0 aliphatic heterocycles. The number of nitrogens with zero attached hydrogens (tertiary/aromatic N) is 2. The van der Waals surface area contributed by atoms with Crippen molar-refractivity contribution in [3.05, 3.63) is 30.0 Å². The lowest BCUT2D eigenvalue weighted by molar-refractivity contribution is 0.456. The minimum absolute atomic E-state index is 0.601. The molecular weight excluding hydrogens is 140 g/mol. The van der Waals surface area contributed by atoms with Crippen LogP contribution in [0.3, 0.4) is 0 Å². The third kappa shape index (κ3) is 0.767. The predicted molar refractivity (Wildman–Crippen MR) is 38.7 cm³/mol. The van der Waals surface area contributed by atoms with Gasteiger partial charge in [0.2, 0.25) is 0 Å². The van der Waals surface area contributed by atoms with Gasteiger partial charge in [-0.1, -0.05) is 11.2 Å². The van der Waals surface area contributed by atoms with Crippen LogP contribution in [0.5, 0.6) is 0 Å². The van der Waals surface area contributed by atoms with Crippen LogP contribution >= 0.6 is 0 Å². The first-order chi connectivity index (χ1) is 5.42. The van der Waals surface area contributed by atoms with Gasteiger partial charge in [-0.3, -0.25) is 0 Å². The molecule has 2 aromatic rings. The minimum Gasteiger partial charge on any atom is -0.356 e. The molecule has 0 atom stereocenters. The number of hydrogen-bond acceptors (Lipinski definition) is 3. The Hall–Kier alpha value is -1.82. The number of rotatable bonds is 0. The number of benzene rings is 1. The van der Waals surface area contributed by atoms with E-state index in [1.165, 1.54) is 0 Å². The first-order valence-electron chi connectivity index (χ1n) is 3.15. The molecule has 0 saturated carbocycles. The Balaban J connectivity index is 2.92. The summed E-state index contributed by atoms with van der Waals surface area (Å²) >= 11 is 0. The van der Waals surface area contributed by atoms with Crippen molar-refractivity contribution in [3.63, 3.8) is 0 Å². The number of hydrogen-bond donors (Lipinski definition) is 0. The van der Waals surface area contributed by atoms with E-state index in [1.807, 2.05) is 0 Å². The minimum atomic E-state index is 0.601. The summed E-state index contributed by atoms with van der Waals surface area (Å²) in [5, 5.41) is 13.0. The van der Waals surface area contributed by atoms with Gasteiger partial charge in [-0.15, -0.1) is 0 Å². The number of fused-ring (bicyclic) bond motifs is 1. The lowest BCUT2D eigenvalue weighted by Crippen LogP contribution is -1.72. The highest BCUT2D eigenvalue weighted by Gasteiger charge is 2.01. The first kappa shape index (κ1) is 5.93. The van der Waals surface area contributed by atoms with Crippen LogP contribution in [0, 0.1) is 11.3 Å². The van der Waals surface area contributed by atoms with Crippen molar-refractivity contribution in [1.29, 1.82) is 5.26 Å². The third-order valence-electron chi connectivity index (χ3n) is 1.52. The Morgan fingerprint density at radius 2 is 2.36 bits per heavy atom. The van der Waals surface area contributed by atoms with Crippen molar-refractivity contribution in [2.24, 2.45) is 0 Å². The Kier molecular flexibility index (Phi) is 1.13. The summed E-state index contributed by atoms with van der Waals surface area (Å²) in [6.07, 6.45) is 1.55. The van der Waals surface area contributed by atoms with Crippen LogP contribution in [0.15, 0.2) is 28.9 Å². The van der Waals surface area contributed by atoms with Crippen molar-refractivity contribution >= 4 is 11.0 Å². The van der Waals surface area contributed by atoms with Gasteiger partial charge >= 0.3 is 0 Å². The summed E-state index contributed by atoms with van der Waals surface area (Å²) in [6.45, 7) is 0.